The summed E-state index contributed by atoms with van der Waals surface area (Å²) in [5.74, 6) is 0.770. The van der Waals surface area contributed by atoms with Crippen LogP contribution in [0.25, 0.3) is 11.4 Å². The van der Waals surface area contributed by atoms with Gasteiger partial charge in [-0.2, -0.15) is 0 Å². The van der Waals surface area contributed by atoms with E-state index in [1.54, 1.807) is 12.4 Å². The second-order valence-electron chi connectivity index (χ2n) is 6.13. The maximum Gasteiger partial charge on any atom is 0.159 e. The maximum absolute atomic E-state index is 4.80. The number of pyridine rings is 2. The number of aromatic nitrogens is 4. The van der Waals surface area contributed by atoms with Crippen molar-refractivity contribution < 1.29 is 0 Å². The Kier molecular flexibility index (Phi) is 4.01. The molecule has 0 spiro atoms. The fourth-order valence-corrected chi connectivity index (χ4v) is 3.03. The van der Waals surface area contributed by atoms with Crippen LogP contribution in [0, 0.1) is 6.92 Å². The first-order valence-corrected chi connectivity index (χ1v) is 8.17. The van der Waals surface area contributed by atoms with Crippen LogP contribution in [-0.4, -0.2) is 31.4 Å². The van der Waals surface area contributed by atoms with Crippen LogP contribution in [0.2, 0.25) is 0 Å². The molecule has 0 saturated carbocycles. The molecule has 1 aliphatic rings. The van der Waals surface area contributed by atoms with Gasteiger partial charge in [0.15, 0.2) is 5.82 Å². The largest absolute Gasteiger partial charge is 0.291 e. The Morgan fingerprint density at radius 2 is 1.96 bits per heavy atom. The average Bonchev–Trinajstić information content (AvgIpc) is 2.64. The molecule has 5 heteroatoms. The number of hydrogen-bond acceptors (Lipinski definition) is 5. The minimum Gasteiger partial charge on any atom is -0.291 e. The van der Waals surface area contributed by atoms with Gasteiger partial charge in [0.05, 0.1) is 11.4 Å². The molecule has 0 unspecified atom stereocenters. The van der Waals surface area contributed by atoms with Gasteiger partial charge in [-0.15, -0.1) is 0 Å². The molecule has 4 rings (SSSR count). The Bertz CT molecular complexity index is 847. The summed E-state index contributed by atoms with van der Waals surface area (Å²) < 4.78 is 0. The maximum atomic E-state index is 4.80. The van der Waals surface area contributed by atoms with Gasteiger partial charge in [-0.25, -0.2) is 9.97 Å². The molecule has 24 heavy (non-hydrogen) atoms. The quantitative estimate of drug-likeness (QED) is 0.743. The van der Waals surface area contributed by atoms with Gasteiger partial charge in [0, 0.05) is 50.0 Å². The zero-order valence-corrected chi connectivity index (χ0v) is 13.7. The fraction of sp³-hybridized carbons (Fsp3) is 0.263. The zero-order valence-electron chi connectivity index (χ0n) is 13.7. The highest BCUT2D eigenvalue weighted by Crippen LogP contribution is 2.22. The molecule has 0 saturated heterocycles. The van der Waals surface area contributed by atoms with Gasteiger partial charge in [0.25, 0.3) is 0 Å². The molecule has 3 aromatic rings. The number of hydrogen-bond donors (Lipinski definition) is 0. The van der Waals surface area contributed by atoms with E-state index < -0.39 is 0 Å². The van der Waals surface area contributed by atoms with E-state index in [9.17, 15) is 0 Å². The summed E-state index contributed by atoms with van der Waals surface area (Å²) in [6.45, 7) is 4.83. The lowest BCUT2D eigenvalue weighted by Gasteiger charge is -2.28. The standard InChI is InChI=1S/C19H19N5/c1-14-3-2-7-21-17(14)12-24-10-6-16-11-22-19(23-18(16)13-24)15-4-8-20-9-5-15/h2-5,7-9,11H,6,10,12-13H2,1H3. The van der Waals surface area contributed by atoms with E-state index >= 15 is 0 Å². The third kappa shape index (κ3) is 3.03. The van der Waals surface area contributed by atoms with Gasteiger partial charge >= 0.3 is 0 Å². The lowest BCUT2D eigenvalue weighted by molar-refractivity contribution is 0.238. The lowest BCUT2D eigenvalue weighted by atomic mass is 10.1. The number of rotatable bonds is 3. The van der Waals surface area contributed by atoms with Gasteiger partial charge in [-0.1, -0.05) is 6.07 Å². The number of nitrogens with zero attached hydrogens (tertiary/aromatic N) is 5. The Hall–Kier alpha value is -2.66. The molecule has 0 radical (unpaired) electrons. The van der Waals surface area contributed by atoms with E-state index in [0.717, 1.165) is 48.8 Å². The van der Waals surface area contributed by atoms with E-state index in [-0.39, 0.29) is 0 Å². The zero-order chi connectivity index (χ0) is 16.4. The van der Waals surface area contributed by atoms with E-state index in [1.165, 1.54) is 11.1 Å². The van der Waals surface area contributed by atoms with Crippen LogP contribution >= 0.6 is 0 Å². The Balaban J connectivity index is 1.57. The van der Waals surface area contributed by atoms with Crippen molar-refractivity contribution in [3.05, 3.63) is 71.6 Å². The summed E-state index contributed by atoms with van der Waals surface area (Å²) in [6.07, 6.45) is 8.37. The van der Waals surface area contributed by atoms with E-state index in [0.29, 0.717) is 0 Å². The normalized spacial score (nSPS) is 14.4. The third-order valence-electron chi connectivity index (χ3n) is 4.45. The molecule has 1 aliphatic heterocycles. The first-order valence-electron chi connectivity index (χ1n) is 8.17. The summed E-state index contributed by atoms with van der Waals surface area (Å²) in [7, 11) is 0. The molecular weight excluding hydrogens is 298 g/mol. The Morgan fingerprint density at radius 1 is 1.08 bits per heavy atom. The summed E-state index contributed by atoms with van der Waals surface area (Å²) in [5, 5.41) is 0. The summed E-state index contributed by atoms with van der Waals surface area (Å²) >= 11 is 0. The van der Waals surface area contributed by atoms with Crippen LogP contribution in [0.15, 0.2) is 49.1 Å². The molecule has 0 aromatic carbocycles. The average molecular weight is 317 g/mol. The van der Waals surface area contributed by atoms with Gasteiger partial charge in [0.1, 0.15) is 0 Å². The van der Waals surface area contributed by atoms with E-state index in [4.69, 9.17) is 4.98 Å². The Labute approximate surface area is 141 Å². The van der Waals surface area contributed by atoms with Crippen molar-refractivity contribution in [2.75, 3.05) is 6.54 Å². The fourth-order valence-electron chi connectivity index (χ4n) is 3.03. The SMILES string of the molecule is Cc1cccnc1CN1CCc2cnc(-c3ccncc3)nc2C1. The van der Waals surface area contributed by atoms with Crippen LogP contribution in [0.5, 0.6) is 0 Å². The first kappa shape index (κ1) is 14.9. The minimum absolute atomic E-state index is 0.770. The predicted octanol–water partition coefficient (Wildman–Crippen LogP) is 2.80. The van der Waals surface area contributed by atoms with Gasteiger partial charge in [-0.05, 0) is 42.7 Å². The summed E-state index contributed by atoms with van der Waals surface area (Å²) in [6, 6.07) is 7.99. The summed E-state index contributed by atoms with van der Waals surface area (Å²) in [5.41, 5.74) is 5.76. The van der Waals surface area contributed by atoms with Crippen molar-refractivity contribution >= 4 is 0 Å². The highest BCUT2D eigenvalue weighted by atomic mass is 15.1. The van der Waals surface area contributed by atoms with Gasteiger partial charge in [0.2, 0.25) is 0 Å². The number of aryl methyl sites for hydroxylation is 1. The van der Waals surface area contributed by atoms with Crippen molar-refractivity contribution in [2.45, 2.75) is 26.4 Å². The molecule has 0 bridgehead atoms. The predicted molar refractivity (Wildman–Crippen MR) is 92.1 cm³/mol. The molecule has 4 heterocycles. The van der Waals surface area contributed by atoms with Crippen molar-refractivity contribution in [3.8, 4) is 11.4 Å². The van der Waals surface area contributed by atoms with Crippen LogP contribution < -0.4 is 0 Å². The van der Waals surface area contributed by atoms with Crippen molar-refractivity contribution in [3.63, 3.8) is 0 Å². The Morgan fingerprint density at radius 3 is 2.79 bits per heavy atom. The molecule has 0 atom stereocenters. The van der Waals surface area contributed by atoms with Crippen LogP contribution in [-0.2, 0) is 19.5 Å². The highest BCUT2D eigenvalue weighted by molar-refractivity contribution is 5.54. The van der Waals surface area contributed by atoms with Crippen LogP contribution in [0.1, 0.15) is 22.5 Å². The topological polar surface area (TPSA) is 54.8 Å². The van der Waals surface area contributed by atoms with Crippen LogP contribution in [0.4, 0.5) is 0 Å². The van der Waals surface area contributed by atoms with Crippen molar-refractivity contribution in [1.29, 1.82) is 0 Å². The second kappa shape index (κ2) is 6.45. The smallest absolute Gasteiger partial charge is 0.159 e. The highest BCUT2D eigenvalue weighted by Gasteiger charge is 2.19. The molecule has 0 fully saturated rings. The van der Waals surface area contributed by atoms with E-state index in [2.05, 4.69) is 32.8 Å². The molecule has 0 N–H and O–H groups in total. The van der Waals surface area contributed by atoms with Gasteiger partial charge < -0.3 is 0 Å². The minimum atomic E-state index is 0.770. The number of fused-ring (bicyclic) bond motifs is 1. The second-order valence-corrected chi connectivity index (χ2v) is 6.13. The van der Waals surface area contributed by atoms with E-state index in [1.807, 2.05) is 30.6 Å². The van der Waals surface area contributed by atoms with Crippen molar-refractivity contribution in [2.24, 2.45) is 0 Å². The van der Waals surface area contributed by atoms with Crippen LogP contribution in [0.3, 0.4) is 0 Å². The monoisotopic (exact) mass is 317 g/mol. The first-order chi connectivity index (χ1) is 11.8. The summed E-state index contributed by atoms with van der Waals surface area (Å²) in [4.78, 5) is 20.3. The third-order valence-corrected chi connectivity index (χ3v) is 4.45. The van der Waals surface area contributed by atoms with Crippen molar-refractivity contribution in [1.82, 2.24) is 24.8 Å². The molecular formula is C19H19N5. The molecule has 0 aliphatic carbocycles. The molecule has 120 valence electrons. The van der Waals surface area contributed by atoms with Gasteiger partial charge in [-0.3, -0.25) is 14.9 Å². The molecule has 5 nitrogen and oxygen atoms in total. The lowest BCUT2D eigenvalue weighted by Crippen LogP contribution is -2.31. The molecule has 0 amide bonds. The molecule has 3 aromatic heterocycles.